The van der Waals surface area contributed by atoms with Crippen LogP contribution in [0.15, 0.2) is 30.3 Å². The molecule has 3 saturated heterocycles. The second kappa shape index (κ2) is 9.47. The SMILES string of the molecule is CC(C)CC(=O)NC[C@H]1[C@H]2CN(C(=O)Nc3ccccc3)C[C@]23CC[C@H]1O3.O=CO. The van der Waals surface area contributed by atoms with Crippen molar-refractivity contribution in [3.8, 4) is 0 Å². The van der Waals surface area contributed by atoms with E-state index < -0.39 is 0 Å². The number of likely N-dealkylation sites (tertiary alicyclic amines) is 1. The van der Waals surface area contributed by atoms with E-state index in [2.05, 4.69) is 24.5 Å². The van der Waals surface area contributed by atoms with Crippen molar-refractivity contribution in [1.29, 1.82) is 0 Å². The van der Waals surface area contributed by atoms with Crippen molar-refractivity contribution in [3.63, 3.8) is 0 Å². The summed E-state index contributed by atoms with van der Waals surface area (Å²) in [5.74, 6) is 1.07. The molecule has 0 unspecified atom stereocenters. The van der Waals surface area contributed by atoms with Crippen LogP contribution < -0.4 is 10.6 Å². The molecule has 1 aromatic carbocycles. The van der Waals surface area contributed by atoms with Gasteiger partial charge in [0.25, 0.3) is 6.47 Å². The number of carboxylic acid groups (broad SMARTS) is 1. The molecule has 2 bridgehead atoms. The number of carbonyl (C=O) groups excluding carboxylic acids is 2. The Balaban J connectivity index is 0.000000806. The van der Waals surface area contributed by atoms with E-state index in [4.69, 9.17) is 14.6 Å². The minimum Gasteiger partial charge on any atom is -0.483 e. The van der Waals surface area contributed by atoms with Crippen molar-refractivity contribution in [2.45, 2.75) is 44.8 Å². The van der Waals surface area contributed by atoms with Crippen molar-refractivity contribution in [2.24, 2.45) is 17.8 Å². The zero-order valence-electron chi connectivity index (χ0n) is 17.5. The molecular formula is C22H31N3O5. The maximum Gasteiger partial charge on any atom is 0.321 e. The number of anilines is 1. The quantitative estimate of drug-likeness (QED) is 0.638. The molecule has 3 N–H and O–H groups in total. The van der Waals surface area contributed by atoms with Crippen LogP contribution in [0.1, 0.15) is 33.1 Å². The molecule has 0 saturated carbocycles. The van der Waals surface area contributed by atoms with Crippen LogP contribution in [-0.4, -0.2) is 59.8 Å². The van der Waals surface area contributed by atoms with Crippen LogP contribution in [0.25, 0.3) is 0 Å². The normalized spacial score (nSPS) is 28.5. The Morgan fingerprint density at radius 2 is 2.03 bits per heavy atom. The number of nitrogens with one attached hydrogen (secondary N) is 2. The van der Waals surface area contributed by atoms with E-state index in [0.29, 0.717) is 43.8 Å². The van der Waals surface area contributed by atoms with Gasteiger partial charge in [-0.3, -0.25) is 9.59 Å². The largest absolute Gasteiger partial charge is 0.483 e. The zero-order valence-corrected chi connectivity index (χ0v) is 17.5. The van der Waals surface area contributed by atoms with Crippen molar-refractivity contribution >= 4 is 24.1 Å². The minimum atomic E-state index is -0.250. The standard InChI is InChI=1S/C21H29N3O3.CH2O2/c1-14(2)10-19(25)22-11-16-17-12-24(13-21(17)9-8-18(16)27-21)20(26)23-15-6-4-3-5-7-15;2-1-3/h3-7,14,16-18H,8-13H2,1-2H3,(H,22,25)(H,23,26);1H,(H,2,3)/t16-,17+,18+,21+;/m0./s1. The monoisotopic (exact) mass is 417 g/mol. The van der Waals surface area contributed by atoms with Gasteiger partial charge in [0.2, 0.25) is 5.91 Å². The molecule has 3 heterocycles. The van der Waals surface area contributed by atoms with Gasteiger partial charge in [0.05, 0.1) is 18.2 Å². The number of nitrogens with zero attached hydrogens (tertiary/aromatic N) is 1. The van der Waals surface area contributed by atoms with Crippen LogP contribution in [0, 0.1) is 17.8 Å². The molecule has 8 nitrogen and oxygen atoms in total. The molecule has 0 aromatic heterocycles. The smallest absolute Gasteiger partial charge is 0.321 e. The topological polar surface area (TPSA) is 108 Å². The first-order valence-electron chi connectivity index (χ1n) is 10.5. The van der Waals surface area contributed by atoms with Crippen molar-refractivity contribution < 1.29 is 24.2 Å². The molecule has 1 spiro atoms. The molecule has 30 heavy (non-hydrogen) atoms. The van der Waals surface area contributed by atoms with E-state index in [1.807, 2.05) is 35.2 Å². The second-order valence-corrected chi connectivity index (χ2v) is 8.71. The molecule has 4 rings (SSSR count). The van der Waals surface area contributed by atoms with Gasteiger partial charge >= 0.3 is 6.03 Å². The zero-order chi connectivity index (χ0) is 21.7. The molecule has 1 aromatic rings. The predicted octanol–water partition coefficient (Wildman–Crippen LogP) is 2.56. The maximum absolute atomic E-state index is 12.7. The summed E-state index contributed by atoms with van der Waals surface area (Å²) in [6.07, 6.45) is 2.80. The number of amides is 3. The van der Waals surface area contributed by atoms with Crippen molar-refractivity contribution in [1.82, 2.24) is 10.2 Å². The average Bonchev–Trinajstić information content (AvgIpc) is 3.36. The van der Waals surface area contributed by atoms with E-state index in [0.717, 1.165) is 18.5 Å². The van der Waals surface area contributed by atoms with Crippen LogP contribution in [0.5, 0.6) is 0 Å². The van der Waals surface area contributed by atoms with E-state index in [9.17, 15) is 9.59 Å². The van der Waals surface area contributed by atoms with E-state index in [1.54, 1.807) is 0 Å². The van der Waals surface area contributed by atoms with Crippen molar-refractivity contribution in [2.75, 3.05) is 25.0 Å². The van der Waals surface area contributed by atoms with Crippen LogP contribution in [0.2, 0.25) is 0 Å². The number of benzene rings is 1. The molecule has 4 atom stereocenters. The number of para-hydroxylation sites is 1. The summed E-state index contributed by atoms with van der Waals surface area (Å²) in [4.78, 5) is 35.0. The lowest BCUT2D eigenvalue weighted by Gasteiger charge is -2.29. The fraction of sp³-hybridized carbons (Fsp3) is 0.591. The first-order chi connectivity index (χ1) is 14.4. The molecule has 0 aliphatic carbocycles. The van der Waals surface area contributed by atoms with Gasteiger partial charge in [0, 0.05) is 37.0 Å². The lowest BCUT2D eigenvalue weighted by atomic mass is 9.73. The maximum atomic E-state index is 12.7. The van der Waals surface area contributed by atoms with Gasteiger partial charge in [0.1, 0.15) is 0 Å². The van der Waals surface area contributed by atoms with Crippen LogP contribution >= 0.6 is 0 Å². The first-order valence-corrected chi connectivity index (χ1v) is 10.5. The lowest BCUT2D eigenvalue weighted by molar-refractivity contribution is -0.123. The number of ether oxygens (including phenoxy) is 1. The number of hydrogen-bond donors (Lipinski definition) is 3. The summed E-state index contributed by atoms with van der Waals surface area (Å²) in [6.45, 7) is 5.84. The third-order valence-corrected chi connectivity index (χ3v) is 6.22. The highest BCUT2D eigenvalue weighted by atomic mass is 16.5. The first kappa shape index (κ1) is 22.1. The van der Waals surface area contributed by atoms with Crippen LogP contribution in [0.4, 0.5) is 10.5 Å². The number of carbonyl (C=O) groups is 3. The third kappa shape index (κ3) is 4.75. The highest BCUT2D eigenvalue weighted by molar-refractivity contribution is 5.89. The van der Waals surface area contributed by atoms with Gasteiger partial charge < -0.3 is 25.4 Å². The Morgan fingerprint density at radius 1 is 1.33 bits per heavy atom. The molecule has 164 valence electrons. The Kier molecular flexibility index (Phi) is 6.97. The minimum absolute atomic E-state index is 0.0698. The van der Waals surface area contributed by atoms with Gasteiger partial charge in [-0.1, -0.05) is 32.0 Å². The molecule has 3 aliphatic heterocycles. The summed E-state index contributed by atoms with van der Waals surface area (Å²) in [6, 6.07) is 9.46. The Hall–Kier alpha value is -2.61. The number of hydrogen-bond acceptors (Lipinski definition) is 4. The average molecular weight is 418 g/mol. The van der Waals surface area contributed by atoms with Crippen molar-refractivity contribution in [3.05, 3.63) is 30.3 Å². The molecular weight excluding hydrogens is 386 g/mol. The van der Waals surface area contributed by atoms with Crippen LogP contribution in [0.3, 0.4) is 0 Å². The highest BCUT2D eigenvalue weighted by Crippen LogP contribution is 2.54. The Labute approximate surface area is 177 Å². The molecule has 3 aliphatic rings. The lowest BCUT2D eigenvalue weighted by Crippen LogP contribution is -2.42. The van der Waals surface area contributed by atoms with Gasteiger partial charge in [-0.2, -0.15) is 0 Å². The van der Waals surface area contributed by atoms with Crippen LogP contribution in [-0.2, 0) is 14.3 Å². The van der Waals surface area contributed by atoms with E-state index in [1.165, 1.54) is 0 Å². The van der Waals surface area contributed by atoms with Gasteiger partial charge in [-0.15, -0.1) is 0 Å². The Morgan fingerprint density at radius 3 is 2.70 bits per heavy atom. The van der Waals surface area contributed by atoms with Gasteiger partial charge in [-0.05, 0) is 30.9 Å². The Bertz CT molecular complexity index is 756. The second-order valence-electron chi connectivity index (χ2n) is 8.71. The number of urea groups is 1. The molecule has 8 heteroatoms. The molecule has 3 fully saturated rings. The number of rotatable bonds is 5. The third-order valence-electron chi connectivity index (χ3n) is 6.22. The summed E-state index contributed by atoms with van der Waals surface area (Å²) < 4.78 is 6.37. The van der Waals surface area contributed by atoms with E-state index in [-0.39, 0.29) is 30.1 Å². The summed E-state index contributed by atoms with van der Waals surface area (Å²) in [5, 5.41) is 13.0. The molecule has 3 amide bonds. The van der Waals surface area contributed by atoms with Gasteiger partial charge in [-0.25, -0.2) is 4.79 Å². The predicted molar refractivity (Wildman–Crippen MR) is 112 cm³/mol. The fourth-order valence-electron chi connectivity index (χ4n) is 5.02. The van der Waals surface area contributed by atoms with E-state index >= 15 is 0 Å². The number of fused-ring (bicyclic) bond motifs is 1. The highest BCUT2D eigenvalue weighted by Gasteiger charge is 2.63. The molecule has 0 radical (unpaired) electrons. The summed E-state index contributed by atoms with van der Waals surface area (Å²) in [5.41, 5.74) is 0.589. The summed E-state index contributed by atoms with van der Waals surface area (Å²) in [7, 11) is 0. The summed E-state index contributed by atoms with van der Waals surface area (Å²) >= 11 is 0. The van der Waals surface area contributed by atoms with Gasteiger partial charge in [0.15, 0.2) is 0 Å². The fourth-order valence-corrected chi connectivity index (χ4v) is 5.02.